The molecule has 0 radical (unpaired) electrons. The molecule has 0 unspecified atom stereocenters. The van der Waals surface area contributed by atoms with Crippen molar-refractivity contribution in [3.63, 3.8) is 0 Å². The van der Waals surface area contributed by atoms with Crippen molar-refractivity contribution in [3.8, 4) is 0 Å². The number of aromatic nitrogens is 1. The largest absolute Gasteiger partial charge is 0.462 e. The maximum atomic E-state index is 12.7. The number of hydrogen-bond donors (Lipinski definition) is 1. The maximum absolute atomic E-state index is 12.7. The number of carbonyl (C=O) groups is 1. The summed E-state index contributed by atoms with van der Waals surface area (Å²) in [5.41, 5.74) is 0.462. The van der Waals surface area contributed by atoms with Crippen molar-refractivity contribution in [1.29, 1.82) is 0 Å². The summed E-state index contributed by atoms with van der Waals surface area (Å²) >= 11 is 0. The molecule has 1 N–H and O–H groups in total. The summed E-state index contributed by atoms with van der Waals surface area (Å²) in [6.07, 6.45) is 1.30. The Morgan fingerprint density at radius 3 is 2.64 bits per heavy atom. The highest BCUT2D eigenvalue weighted by molar-refractivity contribution is 6.00. The summed E-state index contributed by atoms with van der Waals surface area (Å²) in [5.74, 6) is -0.689. The van der Waals surface area contributed by atoms with Crippen LogP contribution in [0.5, 0.6) is 0 Å². The molecule has 2 heterocycles. The Morgan fingerprint density at radius 2 is 1.84 bits per heavy atom. The molecule has 6 heteroatoms. The first-order valence-electron chi connectivity index (χ1n) is 7.78. The number of ether oxygens (including phenoxy) is 1. The van der Waals surface area contributed by atoms with Crippen molar-refractivity contribution >= 4 is 38.8 Å². The average molecular weight is 335 g/mol. The second-order valence-corrected chi connectivity index (χ2v) is 5.57. The number of carbonyl (C=O) groups excluding carboxylic acids is 1. The second kappa shape index (κ2) is 5.59. The lowest BCUT2D eigenvalue weighted by atomic mass is 10.1. The Bertz CT molecular complexity index is 1270. The quantitative estimate of drug-likeness (QED) is 0.449. The van der Waals surface area contributed by atoms with E-state index < -0.39 is 11.4 Å². The highest BCUT2D eigenvalue weighted by Crippen LogP contribution is 2.22. The van der Waals surface area contributed by atoms with Crippen molar-refractivity contribution in [3.05, 3.63) is 68.6 Å². The first kappa shape index (κ1) is 15.1. The highest BCUT2D eigenvalue weighted by atomic mass is 16.5. The van der Waals surface area contributed by atoms with Gasteiger partial charge in [-0.1, -0.05) is 12.1 Å². The van der Waals surface area contributed by atoms with Crippen LogP contribution in [0.2, 0.25) is 0 Å². The second-order valence-electron chi connectivity index (χ2n) is 5.57. The van der Waals surface area contributed by atoms with Gasteiger partial charge in [-0.2, -0.15) is 0 Å². The smallest absolute Gasteiger partial charge is 0.343 e. The minimum Gasteiger partial charge on any atom is -0.462 e. The molecule has 2 aromatic heterocycles. The SMILES string of the molecule is CCOC(=O)c1c[nH]c2cc3c(=O)c4ccccc4oc3cc2c1=O. The van der Waals surface area contributed by atoms with Gasteiger partial charge >= 0.3 is 5.97 Å². The molecule has 2 aromatic carbocycles. The van der Waals surface area contributed by atoms with Crippen molar-refractivity contribution < 1.29 is 13.9 Å². The molecule has 0 bridgehead atoms. The van der Waals surface area contributed by atoms with Gasteiger partial charge in [0.05, 0.1) is 28.3 Å². The fourth-order valence-corrected chi connectivity index (χ4v) is 2.88. The van der Waals surface area contributed by atoms with Gasteiger partial charge in [0, 0.05) is 6.20 Å². The van der Waals surface area contributed by atoms with Crippen LogP contribution in [0, 0.1) is 0 Å². The zero-order chi connectivity index (χ0) is 17.6. The van der Waals surface area contributed by atoms with E-state index in [9.17, 15) is 14.4 Å². The number of fused-ring (bicyclic) bond motifs is 3. The Hall–Kier alpha value is -3.41. The third-order valence-electron chi connectivity index (χ3n) is 4.07. The number of hydrogen-bond acceptors (Lipinski definition) is 5. The molecule has 0 saturated heterocycles. The standard InChI is InChI=1S/C19H13NO5/c1-2-24-19(23)13-9-20-14-7-12-16(8-11(14)18(13)22)25-15-6-4-3-5-10(15)17(12)21/h3-9H,2H2,1H3,(H,20,22). The Balaban J connectivity index is 2.08. The van der Waals surface area contributed by atoms with Crippen LogP contribution in [0.4, 0.5) is 0 Å². The Morgan fingerprint density at radius 1 is 1.04 bits per heavy atom. The van der Waals surface area contributed by atoms with Crippen LogP contribution in [0.25, 0.3) is 32.8 Å². The summed E-state index contributed by atoms with van der Waals surface area (Å²) in [4.78, 5) is 40.0. The molecule has 0 atom stereocenters. The Kier molecular flexibility index (Phi) is 3.39. The van der Waals surface area contributed by atoms with Crippen LogP contribution in [-0.2, 0) is 4.74 Å². The summed E-state index contributed by atoms with van der Waals surface area (Å²) in [6, 6.07) is 9.97. The molecule has 0 aliphatic carbocycles. The van der Waals surface area contributed by atoms with Crippen LogP contribution < -0.4 is 10.9 Å². The van der Waals surface area contributed by atoms with Gasteiger partial charge in [-0.3, -0.25) is 9.59 Å². The van der Waals surface area contributed by atoms with E-state index in [0.717, 1.165) is 0 Å². The minimum atomic E-state index is -0.689. The summed E-state index contributed by atoms with van der Waals surface area (Å²) in [7, 11) is 0. The number of aromatic amines is 1. The van der Waals surface area contributed by atoms with E-state index in [4.69, 9.17) is 9.15 Å². The average Bonchev–Trinajstić information content (AvgIpc) is 2.62. The number of benzene rings is 2. The van der Waals surface area contributed by atoms with Gasteiger partial charge in [-0.25, -0.2) is 4.79 Å². The molecule has 25 heavy (non-hydrogen) atoms. The minimum absolute atomic E-state index is 0.0863. The molecule has 6 nitrogen and oxygen atoms in total. The van der Waals surface area contributed by atoms with Crippen LogP contribution in [-0.4, -0.2) is 17.6 Å². The van der Waals surface area contributed by atoms with Gasteiger partial charge in [0.2, 0.25) is 10.9 Å². The monoisotopic (exact) mass is 335 g/mol. The van der Waals surface area contributed by atoms with E-state index in [1.807, 2.05) is 0 Å². The number of H-pyrrole nitrogens is 1. The number of rotatable bonds is 2. The van der Waals surface area contributed by atoms with E-state index in [0.29, 0.717) is 27.5 Å². The van der Waals surface area contributed by atoms with Crippen molar-refractivity contribution in [2.24, 2.45) is 0 Å². The van der Waals surface area contributed by atoms with Gasteiger partial charge in [0.25, 0.3) is 0 Å². The van der Waals surface area contributed by atoms with E-state index in [1.165, 1.54) is 12.3 Å². The molecular formula is C19H13NO5. The van der Waals surface area contributed by atoms with Crippen molar-refractivity contribution in [2.45, 2.75) is 6.92 Å². The molecule has 0 amide bonds. The molecule has 0 aliphatic heterocycles. The normalized spacial score (nSPS) is 11.2. The topological polar surface area (TPSA) is 89.4 Å². The van der Waals surface area contributed by atoms with Crippen LogP contribution in [0.1, 0.15) is 17.3 Å². The fraction of sp³-hybridized carbons (Fsp3) is 0.105. The van der Waals surface area contributed by atoms with Gasteiger partial charge in [-0.15, -0.1) is 0 Å². The molecule has 124 valence electrons. The number of pyridine rings is 1. The van der Waals surface area contributed by atoms with Crippen LogP contribution in [0.3, 0.4) is 0 Å². The van der Waals surface area contributed by atoms with E-state index in [2.05, 4.69) is 4.98 Å². The number of esters is 1. The molecule has 4 aromatic rings. The maximum Gasteiger partial charge on any atom is 0.343 e. The van der Waals surface area contributed by atoms with Gasteiger partial charge < -0.3 is 14.1 Å². The predicted molar refractivity (Wildman–Crippen MR) is 94.1 cm³/mol. The number of para-hydroxylation sites is 1. The Labute approximate surface area is 140 Å². The third-order valence-corrected chi connectivity index (χ3v) is 4.07. The molecule has 0 saturated carbocycles. The van der Waals surface area contributed by atoms with Gasteiger partial charge in [0.15, 0.2) is 0 Å². The van der Waals surface area contributed by atoms with Crippen LogP contribution >= 0.6 is 0 Å². The van der Waals surface area contributed by atoms with Gasteiger partial charge in [-0.05, 0) is 31.2 Å². The predicted octanol–water partition coefficient (Wildman–Crippen LogP) is 2.96. The van der Waals surface area contributed by atoms with Crippen molar-refractivity contribution in [1.82, 2.24) is 4.98 Å². The first-order valence-corrected chi connectivity index (χ1v) is 7.78. The van der Waals surface area contributed by atoms with E-state index in [1.54, 1.807) is 37.3 Å². The molecule has 0 fully saturated rings. The summed E-state index contributed by atoms with van der Waals surface area (Å²) in [6.45, 7) is 1.84. The zero-order valence-corrected chi connectivity index (χ0v) is 13.3. The third kappa shape index (κ3) is 2.30. The highest BCUT2D eigenvalue weighted by Gasteiger charge is 2.16. The molecule has 0 spiro atoms. The van der Waals surface area contributed by atoms with Gasteiger partial charge in [0.1, 0.15) is 16.7 Å². The lowest BCUT2D eigenvalue weighted by molar-refractivity contribution is 0.0524. The molecule has 0 aliphatic rings. The van der Waals surface area contributed by atoms with E-state index in [-0.39, 0.29) is 23.0 Å². The zero-order valence-electron chi connectivity index (χ0n) is 13.3. The molecular weight excluding hydrogens is 322 g/mol. The summed E-state index contributed by atoms with van der Waals surface area (Å²) in [5, 5.41) is 1.10. The van der Waals surface area contributed by atoms with E-state index >= 15 is 0 Å². The fourth-order valence-electron chi connectivity index (χ4n) is 2.88. The number of nitrogens with one attached hydrogen (secondary N) is 1. The lowest BCUT2D eigenvalue weighted by Gasteiger charge is -2.05. The summed E-state index contributed by atoms with van der Waals surface area (Å²) < 4.78 is 10.7. The lowest BCUT2D eigenvalue weighted by Crippen LogP contribution is -2.18. The molecule has 4 rings (SSSR count). The first-order chi connectivity index (χ1) is 12.1. The van der Waals surface area contributed by atoms with Crippen LogP contribution in [0.15, 0.2) is 56.6 Å². The van der Waals surface area contributed by atoms with Crippen molar-refractivity contribution in [2.75, 3.05) is 6.61 Å².